The van der Waals surface area contributed by atoms with E-state index in [0.29, 0.717) is 0 Å². The number of aromatic nitrogens is 4. The van der Waals surface area contributed by atoms with Crippen molar-refractivity contribution in [3.8, 4) is 5.82 Å². The van der Waals surface area contributed by atoms with Gasteiger partial charge in [0, 0.05) is 24.9 Å². The van der Waals surface area contributed by atoms with Gasteiger partial charge in [-0.2, -0.15) is 5.10 Å². The van der Waals surface area contributed by atoms with Crippen molar-refractivity contribution in [2.45, 2.75) is 26.3 Å². The zero-order valence-corrected chi connectivity index (χ0v) is 11.1. The van der Waals surface area contributed by atoms with E-state index >= 15 is 0 Å². The highest BCUT2D eigenvalue weighted by Gasteiger charge is 2.15. The van der Waals surface area contributed by atoms with Gasteiger partial charge in [-0.1, -0.05) is 6.07 Å². The predicted molar refractivity (Wildman–Crippen MR) is 74.4 cm³/mol. The molecule has 0 aliphatic carbocycles. The summed E-state index contributed by atoms with van der Waals surface area (Å²) in [5, 5.41) is 4.44. The fourth-order valence-electron chi connectivity index (χ4n) is 2.25. The first-order valence-electron chi connectivity index (χ1n) is 6.39. The Balaban J connectivity index is 2.22. The lowest BCUT2D eigenvalue weighted by Crippen LogP contribution is -2.20. The molecule has 0 saturated heterocycles. The first kappa shape index (κ1) is 11.9. The van der Waals surface area contributed by atoms with E-state index in [1.54, 1.807) is 0 Å². The minimum Gasteiger partial charge on any atom is -0.328 e. The van der Waals surface area contributed by atoms with Crippen LogP contribution in [0.4, 0.5) is 0 Å². The summed E-state index contributed by atoms with van der Waals surface area (Å²) in [5.74, 6) is 0.858. The second-order valence-electron chi connectivity index (χ2n) is 4.89. The van der Waals surface area contributed by atoms with Gasteiger partial charge in [0.2, 0.25) is 0 Å². The van der Waals surface area contributed by atoms with Gasteiger partial charge in [-0.25, -0.2) is 9.67 Å². The quantitative estimate of drug-likeness (QED) is 0.775. The van der Waals surface area contributed by atoms with E-state index < -0.39 is 0 Å². The van der Waals surface area contributed by atoms with Crippen LogP contribution in [0.25, 0.3) is 11.5 Å². The number of fused-ring (bicyclic) bond motifs is 1. The molecule has 3 aromatic heterocycles. The third-order valence-electron chi connectivity index (χ3n) is 3.06. The number of nitrogens with zero attached hydrogens (tertiary/aromatic N) is 4. The molecule has 0 amide bonds. The van der Waals surface area contributed by atoms with E-state index in [1.807, 2.05) is 55.2 Å². The molecule has 0 bridgehead atoms. The molecule has 0 aliphatic rings. The van der Waals surface area contributed by atoms with Crippen LogP contribution in [0.15, 0.2) is 36.7 Å². The maximum Gasteiger partial charge on any atom is 0.175 e. The van der Waals surface area contributed by atoms with Gasteiger partial charge in [0.25, 0.3) is 0 Å². The van der Waals surface area contributed by atoms with E-state index in [0.717, 1.165) is 29.3 Å². The lowest BCUT2D eigenvalue weighted by molar-refractivity contribution is 0.704. The number of nitrogens with two attached hydrogens (primary N) is 1. The molecule has 0 aromatic carbocycles. The molecule has 1 unspecified atom stereocenters. The number of pyridine rings is 1. The Morgan fingerprint density at radius 2 is 2.11 bits per heavy atom. The number of rotatable bonds is 3. The van der Waals surface area contributed by atoms with Crippen LogP contribution < -0.4 is 5.73 Å². The molecule has 1 atom stereocenters. The lowest BCUT2D eigenvalue weighted by atomic mass is 10.2. The molecule has 0 fully saturated rings. The SMILES string of the molecule is Cc1ccn(-c2nc3ccccn3c2CC(C)N)n1. The summed E-state index contributed by atoms with van der Waals surface area (Å²) < 4.78 is 3.90. The summed E-state index contributed by atoms with van der Waals surface area (Å²) in [4.78, 5) is 4.66. The second kappa shape index (κ2) is 4.51. The van der Waals surface area contributed by atoms with Crippen LogP contribution in [0.1, 0.15) is 18.3 Å². The molecule has 0 aliphatic heterocycles. The summed E-state index contributed by atoms with van der Waals surface area (Å²) >= 11 is 0. The number of hydrogen-bond donors (Lipinski definition) is 1. The van der Waals surface area contributed by atoms with Gasteiger partial charge in [0.05, 0.1) is 11.4 Å². The number of imidazole rings is 1. The summed E-state index contributed by atoms with van der Waals surface area (Å²) in [5.41, 5.74) is 8.94. The fourth-order valence-corrected chi connectivity index (χ4v) is 2.25. The van der Waals surface area contributed by atoms with E-state index in [1.165, 1.54) is 0 Å². The molecule has 19 heavy (non-hydrogen) atoms. The van der Waals surface area contributed by atoms with Crippen LogP contribution in [-0.2, 0) is 6.42 Å². The lowest BCUT2D eigenvalue weighted by Gasteiger charge is -2.07. The van der Waals surface area contributed by atoms with E-state index in [4.69, 9.17) is 5.73 Å². The van der Waals surface area contributed by atoms with E-state index in [9.17, 15) is 0 Å². The minimum atomic E-state index is 0.0792. The highest BCUT2D eigenvalue weighted by atomic mass is 15.3. The van der Waals surface area contributed by atoms with Gasteiger partial charge >= 0.3 is 0 Å². The minimum absolute atomic E-state index is 0.0792. The molecule has 0 spiro atoms. The maximum absolute atomic E-state index is 5.96. The summed E-state index contributed by atoms with van der Waals surface area (Å²) in [6.45, 7) is 3.97. The van der Waals surface area contributed by atoms with Crippen molar-refractivity contribution in [3.63, 3.8) is 0 Å². The molecule has 2 N–H and O–H groups in total. The molecule has 0 saturated carbocycles. The van der Waals surface area contributed by atoms with Crippen LogP contribution in [0.5, 0.6) is 0 Å². The third-order valence-corrected chi connectivity index (χ3v) is 3.06. The Hall–Kier alpha value is -2.14. The highest BCUT2D eigenvalue weighted by molar-refractivity contribution is 5.48. The second-order valence-corrected chi connectivity index (χ2v) is 4.89. The Morgan fingerprint density at radius 1 is 1.26 bits per heavy atom. The Morgan fingerprint density at radius 3 is 2.79 bits per heavy atom. The van der Waals surface area contributed by atoms with Gasteiger partial charge < -0.3 is 10.1 Å². The van der Waals surface area contributed by atoms with Crippen LogP contribution in [-0.4, -0.2) is 25.2 Å². The molecule has 5 heteroatoms. The van der Waals surface area contributed by atoms with Gasteiger partial charge in [-0.15, -0.1) is 0 Å². The fraction of sp³-hybridized carbons (Fsp3) is 0.286. The van der Waals surface area contributed by atoms with Crippen molar-refractivity contribution in [1.82, 2.24) is 19.2 Å². The zero-order valence-electron chi connectivity index (χ0n) is 11.1. The molecular formula is C14H17N5. The largest absolute Gasteiger partial charge is 0.328 e. The van der Waals surface area contributed by atoms with E-state index in [-0.39, 0.29) is 6.04 Å². The Bertz CT molecular complexity index is 708. The molecule has 3 heterocycles. The predicted octanol–water partition coefficient (Wildman–Crippen LogP) is 1.72. The molecule has 0 radical (unpaired) electrons. The molecule has 3 rings (SSSR count). The van der Waals surface area contributed by atoms with Crippen LogP contribution >= 0.6 is 0 Å². The first-order chi connectivity index (χ1) is 9.15. The van der Waals surface area contributed by atoms with Crippen molar-refractivity contribution >= 4 is 5.65 Å². The first-order valence-corrected chi connectivity index (χ1v) is 6.39. The molecular weight excluding hydrogens is 238 g/mol. The topological polar surface area (TPSA) is 61.1 Å². The molecule has 5 nitrogen and oxygen atoms in total. The van der Waals surface area contributed by atoms with Gasteiger partial charge in [-0.3, -0.25) is 0 Å². The monoisotopic (exact) mass is 255 g/mol. The average Bonchev–Trinajstić information content (AvgIpc) is 2.94. The van der Waals surface area contributed by atoms with Gasteiger partial charge in [-0.05, 0) is 32.0 Å². The van der Waals surface area contributed by atoms with Crippen molar-refractivity contribution in [1.29, 1.82) is 0 Å². The van der Waals surface area contributed by atoms with Crippen molar-refractivity contribution in [3.05, 3.63) is 48.0 Å². The van der Waals surface area contributed by atoms with Gasteiger partial charge in [0.1, 0.15) is 5.65 Å². The Labute approximate surface area is 111 Å². The highest BCUT2D eigenvalue weighted by Crippen LogP contribution is 2.18. The van der Waals surface area contributed by atoms with Crippen molar-refractivity contribution in [2.24, 2.45) is 5.73 Å². The standard InChI is InChI=1S/C14H17N5/c1-10(15)9-12-14(19-8-6-11(2)17-19)16-13-5-3-4-7-18(12)13/h3-8,10H,9,15H2,1-2H3. The molecule has 98 valence electrons. The third kappa shape index (κ3) is 2.13. The summed E-state index contributed by atoms with van der Waals surface area (Å²) in [6, 6.07) is 8.02. The van der Waals surface area contributed by atoms with Crippen LogP contribution in [0.2, 0.25) is 0 Å². The summed E-state index contributed by atoms with van der Waals surface area (Å²) in [7, 11) is 0. The number of hydrogen-bond acceptors (Lipinski definition) is 3. The zero-order chi connectivity index (χ0) is 13.4. The maximum atomic E-state index is 5.96. The van der Waals surface area contributed by atoms with Crippen molar-refractivity contribution < 1.29 is 0 Å². The smallest absolute Gasteiger partial charge is 0.175 e. The average molecular weight is 255 g/mol. The van der Waals surface area contributed by atoms with E-state index in [2.05, 4.69) is 14.5 Å². The summed E-state index contributed by atoms with van der Waals surface area (Å²) in [6.07, 6.45) is 4.71. The normalized spacial score (nSPS) is 13.0. The van der Waals surface area contributed by atoms with Crippen molar-refractivity contribution in [2.75, 3.05) is 0 Å². The van der Waals surface area contributed by atoms with Crippen LogP contribution in [0, 0.1) is 6.92 Å². The number of aryl methyl sites for hydroxylation is 1. The molecule has 3 aromatic rings. The van der Waals surface area contributed by atoms with Gasteiger partial charge in [0.15, 0.2) is 5.82 Å². The Kier molecular flexibility index (Phi) is 2.83. The van der Waals surface area contributed by atoms with Crippen LogP contribution in [0.3, 0.4) is 0 Å².